The smallest absolute Gasteiger partial charge is 0.241 e. The summed E-state index contributed by atoms with van der Waals surface area (Å²) < 4.78 is 0. The van der Waals surface area contributed by atoms with Crippen molar-refractivity contribution < 1.29 is 4.79 Å². The lowest BCUT2D eigenvalue weighted by molar-refractivity contribution is -0.119. The first-order valence-electron chi connectivity index (χ1n) is 2.46. The Hall–Kier alpha value is -1.06. The van der Waals surface area contributed by atoms with Crippen LogP contribution < -0.4 is 10.7 Å². The molecule has 1 aliphatic heterocycles. The Bertz CT molecular complexity index is 140. The second-order valence-electron chi connectivity index (χ2n) is 1.47. The molecule has 44 valence electrons. The number of carbonyl (C=O) groups is 1. The second-order valence-corrected chi connectivity index (χ2v) is 1.47. The first-order chi connectivity index (χ1) is 3.83. The third kappa shape index (κ3) is 1.22. The third-order valence-electron chi connectivity index (χ3n) is 0.803. The molecule has 1 amide bonds. The zero-order valence-corrected chi connectivity index (χ0v) is 4.56. The first-order valence-corrected chi connectivity index (χ1v) is 2.46. The molecule has 0 unspecified atom stereocenters. The van der Waals surface area contributed by atoms with Gasteiger partial charge in [-0.1, -0.05) is 6.92 Å². The number of guanidine groups is 1. The highest BCUT2D eigenvalue weighted by Gasteiger charge is 2.10. The monoisotopic (exact) mass is 113 g/mol. The summed E-state index contributed by atoms with van der Waals surface area (Å²) >= 11 is 0. The summed E-state index contributed by atoms with van der Waals surface area (Å²) in [6.45, 7) is 1.79. The Balaban J connectivity index is 2.17. The highest BCUT2D eigenvalue weighted by Crippen LogP contribution is 1.82. The summed E-state index contributed by atoms with van der Waals surface area (Å²) in [5.74, 6) is 0.575. The van der Waals surface area contributed by atoms with E-state index in [1.807, 2.05) is 0 Å². The van der Waals surface area contributed by atoms with Crippen LogP contribution in [0.25, 0.3) is 0 Å². The summed E-state index contributed by atoms with van der Waals surface area (Å²) in [5, 5.41) is 6.03. The molecule has 0 aliphatic carbocycles. The van der Waals surface area contributed by atoms with Gasteiger partial charge in [0.15, 0.2) is 0 Å². The Morgan fingerprint density at radius 2 is 2.62 bits per heavy atom. The minimum atomic E-state index is -0.00579. The van der Waals surface area contributed by atoms with Crippen LogP contribution in [0.15, 0.2) is 5.10 Å². The van der Waals surface area contributed by atoms with E-state index in [1.54, 1.807) is 6.92 Å². The average molecular weight is 113 g/mol. The Kier molecular flexibility index (Phi) is 1.15. The number of nitrogens with one attached hydrogen (secondary N) is 2. The van der Waals surface area contributed by atoms with Crippen molar-refractivity contribution in [3.8, 4) is 0 Å². The van der Waals surface area contributed by atoms with Crippen LogP contribution in [0.4, 0.5) is 0 Å². The highest BCUT2D eigenvalue weighted by molar-refractivity contribution is 6.01. The lowest BCUT2D eigenvalue weighted by atomic mass is 10.5. The van der Waals surface area contributed by atoms with Gasteiger partial charge in [0.2, 0.25) is 11.9 Å². The highest BCUT2D eigenvalue weighted by atomic mass is 16.2. The van der Waals surface area contributed by atoms with Crippen molar-refractivity contribution in [3.05, 3.63) is 0 Å². The summed E-state index contributed by atoms with van der Waals surface area (Å²) in [6, 6.07) is 0. The summed E-state index contributed by atoms with van der Waals surface area (Å²) in [6.07, 6.45) is 0.501. The summed E-state index contributed by atoms with van der Waals surface area (Å²) in [4.78, 5) is 10.4. The number of nitrogens with zero attached hydrogens (tertiary/aromatic N) is 1. The molecular formula is C4H7N3O. The van der Waals surface area contributed by atoms with Crippen molar-refractivity contribution in [2.75, 3.05) is 0 Å². The van der Waals surface area contributed by atoms with E-state index >= 15 is 0 Å². The molecule has 0 radical (unpaired) electrons. The second kappa shape index (κ2) is 1.81. The van der Waals surface area contributed by atoms with E-state index in [1.165, 1.54) is 0 Å². The van der Waals surface area contributed by atoms with Gasteiger partial charge in [0.1, 0.15) is 0 Å². The van der Waals surface area contributed by atoms with Gasteiger partial charge in [-0.05, 0) is 0 Å². The van der Waals surface area contributed by atoms with Crippen LogP contribution >= 0.6 is 0 Å². The summed E-state index contributed by atoms with van der Waals surface area (Å²) in [5.41, 5.74) is 2.51. The van der Waals surface area contributed by atoms with E-state index in [0.717, 1.165) is 0 Å². The molecule has 0 saturated heterocycles. The molecule has 8 heavy (non-hydrogen) atoms. The van der Waals surface area contributed by atoms with Gasteiger partial charge in [0.05, 0.1) is 0 Å². The molecule has 0 atom stereocenters. The first kappa shape index (κ1) is 5.08. The average Bonchev–Trinajstić information content (AvgIpc) is 2.50. The summed E-state index contributed by atoms with van der Waals surface area (Å²) in [7, 11) is 0. The number of rotatable bonds is 1. The van der Waals surface area contributed by atoms with Crippen LogP contribution in [-0.4, -0.2) is 11.9 Å². The van der Waals surface area contributed by atoms with Crippen molar-refractivity contribution in [3.63, 3.8) is 0 Å². The molecule has 0 aromatic rings. The Morgan fingerprint density at radius 3 is 3.00 bits per heavy atom. The van der Waals surface area contributed by atoms with Crippen molar-refractivity contribution in [1.82, 2.24) is 10.7 Å². The number of hydrogen-bond donors (Lipinski definition) is 2. The molecule has 0 aromatic carbocycles. The molecule has 4 nitrogen and oxygen atoms in total. The maximum absolute atomic E-state index is 10.4. The van der Waals surface area contributed by atoms with Gasteiger partial charge in [-0.25, -0.2) is 5.43 Å². The van der Waals surface area contributed by atoms with Crippen LogP contribution in [0.3, 0.4) is 0 Å². The number of hydrogen-bond acceptors (Lipinski definition) is 3. The molecule has 0 bridgehead atoms. The predicted molar refractivity (Wildman–Crippen MR) is 29.0 cm³/mol. The molecular weight excluding hydrogens is 106 g/mol. The van der Waals surface area contributed by atoms with E-state index < -0.39 is 0 Å². The quantitative estimate of drug-likeness (QED) is 0.476. The van der Waals surface area contributed by atoms with Gasteiger partial charge in [-0.2, -0.15) is 0 Å². The topological polar surface area (TPSA) is 63.4 Å². The molecule has 1 rings (SSSR count). The van der Waals surface area contributed by atoms with Crippen LogP contribution in [0.1, 0.15) is 13.3 Å². The van der Waals surface area contributed by atoms with Gasteiger partial charge in [-0.3, -0.25) is 10.1 Å². The fraction of sp³-hybridized carbons (Fsp3) is 0.500. The largest absolute Gasteiger partial charge is 0.294 e. The molecule has 4 heteroatoms. The molecule has 0 saturated carbocycles. The Labute approximate surface area is 47.0 Å². The zero-order valence-electron chi connectivity index (χ0n) is 4.56. The predicted octanol–water partition coefficient (Wildman–Crippen LogP) is -0.613. The standard InChI is InChI=1S/C4H7N3O/c1-2-3(8)5-4-6-7-4/h2H2,1H3,(H2,5,6,7,8). The molecule has 0 aromatic heterocycles. The molecule has 1 aliphatic rings. The van der Waals surface area contributed by atoms with Gasteiger partial charge in [0, 0.05) is 6.42 Å². The maximum atomic E-state index is 10.4. The fourth-order valence-electron chi connectivity index (χ4n) is 0.304. The van der Waals surface area contributed by atoms with Crippen molar-refractivity contribution in [1.29, 1.82) is 0 Å². The van der Waals surface area contributed by atoms with Gasteiger partial charge < -0.3 is 0 Å². The SMILES string of the molecule is CCC(=O)NC1=NN1. The van der Waals surface area contributed by atoms with Crippen molar-refractivity contribution in [2.24, 2.45) is 5.10 Å². The minimum absolute atomic E-state index is 0.00579. The molecule has 1 heterocycles. The van der Waals surface area contributed by atoms with Gasteiger partial charge >= 0.3 is 0 Å². The van der Waals surface area contributed by atoms with Crippen LogP contribution in [0, 0.1) is 0 Å². The van der Waals surface area contributed by atoms with Crippen molar-refractivity contribution in [2.45, 2.75) is 13.3 Å². The minimum Gasteiger partial charge on any atom is -0.294 e. The number of hydrazone groups is 1. The molecule has 2 N–H and O–H groups in total. The lowest BCUT2D eigenvalue weighted by Gasteiger charge is -1.89. The van der Waals surface area contributed by atoms with Crippen LogP contribution in [0.5, 0.6) is 0 Å². The van der Waals surface area contributed by atoms with Gasteiger partial charge in [-0.15, -0.1) is 5.10 Å². The van der Waals surface area contributed by atoms with Gasteiger partial charge in [0.25, 0.3) is 0 Å². The van der Waals surface area contributed by atoms with E-state index in [4.69, 9.17) is 0 Å². The van der Waals surface area contributed by atoms with Crippen LogP contribution in [-0.2, 0) is 4.79 Å². The molecule has 0 spiro atoms. The lowest BCUT2D eigenvalue weighted by Crippen LogP contribution is -2.26. The number of amides is 1. The fourth-order valence-corrected chi connectivity index (χ4v) is 0.304. The van der Waals surface area contributed by atoms with Crippen LogP contribution in [0.2, 0.25) is 0 Å². The number of carbonyl (C=O) groups excluding carboxylic acids is 1. The third-order valence-corrected chi connectivity index (χ3v) is 0.803. The van der Waals surface area contributed by atoms with E-state index in [0.29, 0.717) is 12.4 Å². The van der Waals surface area contributed by atoms with E-state index in [9.17, 15) is 4.79 Å². The van der Waals surface area contributed by atoms with E-state index in [-0.39, 0.29) is 5.91 Å². The normalized spacial score (nSPS) is 13.9. The van der Waals surface area contributed by atoms with E-state index in [2.05, 4.69) is 15.8 Å². The molecule has 0 fully saturated rings. The maximum Gasteiger partial charge on any atom is 0.241 e. The Morgan fingerprint density at radius 1 is 2.00 bits per heavy atom. The zero-order chi connectivity index (χ0) is 5.98. The van der Waals surface area contributed by atoms with Crippen molar-refractivity contribution >= 4 is 11.9 Å².